The number of thiophene rings is 2. The van der Waals surface area contributed by atoms with E-state index in [0.29, 0.717) is 36.1 Å². The van der Waals surface area contributed by atoms with Gasteiger partial charge in [-0.3, -0.25) is 9.59 Å². The Labute approximate surface area is 523 Å². The monoisotopic (exact) mass is 1180 g/mol. The highest BCUT2D eigenvalue weighted by atomic mass is 32.1. The molecule has 4 heterocycles. The summed E-state index contributed by atoms with van der Waals surface area (Å²) in [7, 11) is 0. The maximum Gasteiger partial charge on any atom is 0.261 e. The van der Waals surface area contributed by atoms with Crippen LogP contribution in [0, 0.1) is 25.7 Å². The van der Waals surface area contributed by atoms with E-state index in [1.807, 2.05) is 0 Å². The van der Waals surface area contributed by atoms with Crippen molar-refractivity contribution in [2.75, 3.05) is 13.1 Å². The van der Waals surface area contributed by atoms with Gasteiger partial charge in [-0.2, -0.15) is 0 Å². The van der Waals surface area contributed by atoms with E-state index < -0.39 is 0 Å². The number of fused-ring (bicyclic) bond motifs is 1. The smallest absolute Gasteiger partial charge is 0.261 e. The van der Waals surface area contributed by atoms with Crippen LogP contribution in [0.3, 0.4) is 0 Å². The molecule has 2 aromatic heterocycles. The first-order valence-corrected chi connectivity index (χ1v) is 37.0. The fourth-order valence-corrected chi connectivity index (χ4v) is 15.2. The van der Waals surface area contributed by atoms with E-state index in [2.05, 4.69) is 136 Å². The molecule has 0 aliphatic carbocycles. The molecule has 2 aromatic carbocycles. The molecule has 0 bridgehead atoms. The van der Waals surface area contributed by atoms with Crippen molar-refractivity contribution >= 4 is 58.0 Å². The summed E-state index contributed by atoms with van der Waals surface area (Å²) in [6.07, 6.45) is 56.4. The van der Waals surface area contributed by atoms with Gasteiger partial charge in [0.25, 0.3) is 11.8 Å². The van der Waals surface area contributed by atoms with E-state index in [-0.39, 0.29) is 11.8 Å². The second-order valence-corrected chi connectivity index (χ2v) is 28.3. The zero-order valence-electron chi connectivity index (χ0n) is 54.5. The van der Waals surface area contributed by atoms with Gasteiger partial charge >= 0.3 is 0 Å². The van der Waals surface area contributed by atoms with Gasteiger partial charge in [-0.05, 0) is 92.3 Å². The fourth-order valence-electron chi connectivity index (χ4n) is 13.2. The molecule has 0 fully saturated rings. The number of nitrogens with zero attached hydrogens (tertiary/aromatic N) is 2. The normalized spacial score (nSPS) is 14.4. The first-order valence-electron chi connectivity index (χ1n) is 35.4. The van der Waals surface area contributed by atoms with Crippen molar-refractivity contribution in [3.63, 3.8) is 0 Å². The van der Waals surface area contributed by atoms with Crippen molar-refractivity contribution in [1.82, 2.24) is 9.80 Å². The summed E-state index contributed by atoms with van der Waals surface area (Å²) in [5.74, 6) is 0.882. The lowest BCUT2D eigenvalue weighted by atomic mass is 9.93. The van der Waals surface area contributed by atoms with Gasteiger partial charge in [0.15, 0.2) is 0 Å². The Morgan fingerprint density at radius 2 is 0.643 bits per heavy atom. The van der Waals surface area contributed by atoms with Crippen molar-refractivity contribution in [2.24, 2.45) is 11.8 Å². The number of unbranched alkanes of at least 4 members (excludes halogenated alkanes) is 32. The molecule has 2 aliphatic heterocycles. The molecule has 4 aromatic rings. The molecule has 84 heavy (non-hydrogen) atoms. The van der Waals surface area contributed by atoms with Crippen LogP contribution in [-0.2, 0) is 9.59 Å². The van der Waals surface area contributed by atoms with Crippen LogP contribution in [0.1, 0.15) is 316 Å². The topological polar surface area (TPSA) is 40.6 Å². The van der Waals surface area contributed by atoms with Crippen molar-refractivity contribution in [3.8, 4) is 10.4 Å². The Morgan fingerprint density at radius 3 is 0.976 bits per heavy atom. The first kappa shape index (κ1) is 69.1. The lowest BCUT2D eigenvalue weighted by Gasteiger charge is -2.29. The minimum Gasteiger partial charge on any atom is -0.306 e. The standard InChI is InChI=1S/C78H118N2O2S2/c1-7-11-15-19-23-27-29-33-37-41-44-67(43-39-35-31-25-21-17-13-9-3)61-79-75(71-58-49-64(6)83-71)73-74(78(79)82)76(72-60-59-70(84-72)69-56-54-66(55-57-69)53-52-65-50-47-63(5)48-51-65)80(77(73)81)62-68(45-40-36-32-26-22-18-14-10-4)46-42-38-34-30-28-24-20-16-12-8-2/h47-60,67-68H,7-46,61-62H2,1-6H3/b53-52+. The van der Waals surface area contributed by atoms with E-state index in [0.717, 1.165) is 62.8 Å². The summed E-state index contributed by atoms with van der Waals surface area (Å²) >= 11 is 3.50. The summed E-state index contributed by atoms with van der Waals surface area (Å²) < 4.78 is 0. The van der Waals surface area contributed by atoms with Crippen LogP contribution in [0.25, 0.3) is 34.0 Å². The maximum atomic E-state index is 16.0. The second kappa shape index (κ2) is 41.2. The average molecular weight is 1180 g/mol. The van der Waals surface area contributed by atoms with Crippen LogP contribution in [0.4, 0.5) is 0 Å². The Hall–Kier alpha value is -4.00. The van der Waals surface area contributed by atoms with Crippen molar-refractivity contribution in [3.05, 3.63) is 115 Å². The van der Waals surface area contributed by atoms with E-state index in [1.54, 1.807) is 22.7 Å². The largest absolute Gasteiger partial charge is 0.306 e. The summed E-state index contributed by atoms with van der Waals surface area (Å²) in [4.78, 5) is 40.7. The van der Waals surface area contributed by atoms with Gasteiger partial charge in [0.05, 0.1) is 32.3 Å². The quantitative estimate of drug-likeness (QED) is 0.0327. The predicted molar refractivity (Wildman–Crippen MR) is 371 cm³/mol. The highest BCUT2D eigenvalue weighted by Gasteiger charge is 2.50. The number of carbonyl (C=O) groups excluding carboxylic acids is 2. The zero-order chi connectivity index (χ0) is 59.4. The second-order valence-electron chi connectivity index (χ2n) is 25.9. The van der Waals surface area contributed by atoms with Gasteiger partial charge in [-0.15, -0.1) is 22.7 Å². The third kappa shape index (κ3) is 23.9. The molecule has 4 nitrogen and oxygen atoms in total. The molecular weight excluding hydrogens is 1060 g/mol. The molecule has 2 aliphatic rings. The summed E-state index contributed by atoms with van der Waals surface area (Å²) in [5.41, 5.74) is 7.89. The Morgan fingerprint density at radius 1 is 0.345 bits per heavy atom. The number of amides is 2. The highest BCUT2D eigenvalue weighted by Crippen LogP contribution is 2.50. The molecule has 0 spiro atoms. The molecule has 6 rings (SSSR count). The Bertz CT molecular complexity index is 2520. The third-order valence-corrected chi connectivity index (χ3v) is 20.6. The summed E-state index contributed by atoms with van der Waals surface area (Å²) in [6, 6.07) is 26.4. The minimum atomic E-state index is 0.0508. The number of hydrogen-bond donors (Lipinski definition) is 0. The van der Waals surface area contributed by atoms with Crippen LogP contribution >= 0.6 is 22.7 Å². The van der Waals surface area contributed by atoms with E-state index in [4.69, 9.17) is 0 Å². The van der Waals surface area contributed by atoms with Gasteiger partial charge in [0.1, 0.15) is 0 Å². The minimum absolute atomic E-state index is 0.0508. The molecule has 2 amide bonds. The van der Waals surface area contributed by atoms with Gasteiger partial charge in [0, 0.05) is 22.8 Å². The van der Waals surface area contributed by atoms with Crippen LogP contribution < -0.4 is 0 Å². The van der Waals surface area contributed by atoms with Gasteiger partial charge in [-0.1, -0.05) is 325 Å². The van der Waals surface area contributed by atoms with Gasteiger partial charge in [-0.25, -0.2) is 0 Å². The Balaban J connectivity index is 1.30. The van der Waals surface area contributed by atoms with E-state index in [9.17, 15) is 0 Å². The molecule has 0 saturated carbocycles. The van der Waals surface area contributed by atoms with Crippen molar-refractivity contribution < 1.29 is 9.59 Å². The predicted octanol–water partition coefficient (Wildman–Crippen LogP) is 25.0. The van der Waals surface area contributed by atoms with Crippen LogP contribution in [0.5, 0.6) is 0 Å². The molecule has 2 unspecified atom stereocenters. The molecule has 0 radical (unpaired) electrons. The zero-order valence-corrected chi connectivity index (χ0v) is 56.1. The molecule has 0 N–H and O–H groups in total. The molecule has 6 heteroatoms. The number of hydrogen-bond acceptors (Lipinski definition) is 4. The van der Waals surface area contributed by atoms with Crippen LogP contribution in [0.2, 0.25) is 0 Å². The lowest BCUT2D eigenvalue weighted by molar-refractivity contribution is -0.124. The van der Waals surface area contributed by atoms with E-state index in [1.165, 1.54) is 247 Å². The maximum absolute atomic E-state index is 16.0. The molecule has 0 saturated heterocycles. The molecule has 2 atom stereocenters. The number of aryl methyl sites for hydroxylation is 2. The lowest BCUT2D eigenvalue weighted by Crippen LogP contribution is -2.34. The molecule has 464 valence electrons. The average Bonchev–Trinajstić information content (AvgIpc) is 2.50. The fraction of sp³-hybridized carbons (Fsp3) is 0.641. The summed E-state index contributed by atoms with van der Waals surface area (Å²) in [5, 5.41) is 0. The number of benzene rings is 2. The Kier molecular flexibility index (Phi) is 33.9. The van der Waals surface area contributed by atoms with Crippen molar-refractivity contribution in [2.45, 2.75) is 298 Å². The summed E-state index contributed by atoms with van der Waals surface area (Å²) in [6.45, 7) is 14.9. The SMILES string of the molecule is CCCCCCCCCCCCC(CCCCCCCCCC)CN1C(=O)C2=C(c3ccc(-c4ccc(/C=C/c5ccc(C)cc5)cc4)s3)N(CC(CCCCCCCCCC)CCCCCCCCCCCC)C(=O)C2=C1c1ccc(C)s1. The van der Waals surface area contributed by atoms with Gasteiger partial charge in [0.2, 0.25) is 0 Å². The molecular formula is C78H118N2O2S2. The van der Waals surface area contributed by atoms with Crippen LogP contribution in [-0.4, -0.2) is 34.7 Å². The number of rotatable bonds is 49. The number of carbonyl (C=O) groups is 2. The van der Waals surface area contributed by atoms with Crippen LogP contribution in [0.15, 0.2) is 83.9 Å². The highest BCUT2D eigenvalue weighted by molar-refractivity contribution is 7.16. The van der Waals surface area contributed by atoms with E-state index >= 15 is 9.59 Å². The first-order chi connectivity index (χ1) is 41.3. The van der Waals surface area contributed by atoms with Crippen molar-refractivity contribution in [1.29, 1.82) is 0 Å². The van der Waals surface area contributed by atoms with Gasteiger partial charge < -0.3 is 9.80 Å². The third-order valence-electron chi connectivity index (χ3n) is 18.5.